The van der Waals surface area contributed by atoms with Crippen molar-refractivity contribution in [3.63, 3.8) is 0 Å². The van der Waals surface area contributed by atoms with E-state index >= 15 is 0 Å². The van der Waals surface area contributed by atoms with E-state index in [1.54, 1.807) is 18.3 Å². The Morgan fingerprint density at radius 1 is 1.14 bits per heavy atom. The van der Waals surface area contributed by atoms with Crippen LogP contribution in [-0.4, -0.2) is 28.2 Å². The third kappa shape index (κ3) is 4.19. The molecule has 0 saturated carbocycles. The molecule has 2 rings (SSSR count). The molecule has 2 aromatic rings. The van der Waals surface area contributed by atoms with Gasteiger partial charge in [0, 0.05) is 6.20 Å². The molecule has 21 heavy (non-hydrogen) atoms. The number of nitrogen functional groups attached to an aromatic ring is 1. The Morgan fingerprint density at radius 2 is 1.86 bits per heavy atom. The third-order valence-electron chi connectivity index (χ3n) is 2.69. The first kappa shape index (κ1) is 15.3. The topological polar surface area (TPSA) is 74.4 Å². The Bertz CT molecular complexity index is 619. The van der Waals surface area contributed by atoms with E-state index in [1.807, 2.05) is 31.2 Å². The minimum Gasteiger partial charge on any atom is -0.490 e. The fourth-order valence-corrected chi connectivity index (χ4v) is 2.70. The van der Waals surface area contributed by atoms with Crippen molar-refractivity contribution in [2.45, 2.75) is 11.9 Å². The minimum absolute atomic E-state index is 0.298. The fraction of sp³-hybridized carbons (Fsp3) is 0.267. The van der Waals surface area contributed by atoms with Gasteiger partial charge in [0.05, 0.1) is 28.8 Å². The third-order valence-corrected chi connectivity index (χ3v) is 4.00. The largest absolute Gasteiger partial charge is 0.490 e. The van der Waals surface area contributed by atoms with Crippen molar-refractivity contribution in [1.82, 2.24) is 4.98 Å². The van der Waals surface area contributed by atoms with Crippen LogP contribution < -0.4 is 15.2 Å². The van der Waals surface area contributed by atoms with E-state index in [9.17, 15) is 4.21 Å². The highest BCUT2D eigenvalue weighted by atomic mass is 32.2. The zero-order valence-corrected chi connectivity index (χ0v) is 12.6. The number of nitrogens with two attached hydrogens (primary N) is 1. The van der Waals surface area contributed by atoms with E-state index in [0.717, 1.165) is 0 Å². The van der Waals surface area contributed by atoms with Crippen LogP contribution in [0.3, 0.4) is 0 Å². The second-order valence-corrected chi connectivity index (χ2v) is 5.66. The lowest BCUT2D eigenvalue weighted by Crippen LogP contribution is -2.11. The predicted molar refractivity (Wildman–Crippen MR) is 83.0 cm³/mol. The molecule has 0 bridgehead atoms. The lowest BCUT2D eigenvalue weighted by molar-refractivity contribution is 0.289. The summed E-state index contributed by atoms with van der Waals surface area (Å²) in [6.45, 7) is 2.78. The number of hydrogen-bond acceptors (Lipinski definition) is 5. The van der Waals surface area contributed by atoms with Crippen molar-refractivity contribution in [3.05, 3.63) is 42.6 Å². The Kier molecular flexibility index (Phi) is 5.57. The predicted octanol–water partition coefficient (Wildman–Crippen LogP) is 2.25. The zero-order valence-electron chi connectivity index (χ0n) is 11.8. The standard InChI is InChI=1S/C15H18N2O3S/c1-2-19-13-7-3-4-8-14(13)20-10-11-21(18)15-12(16)6-5-9-17-15/h3-9H,2,10-11,16H2,1H3. The maximum Gasteiger partial charge on any atom is 0.161 e. The van der Waals surface area contributed by atoms with E-state index in [2.05, 4.69) is 4.98 Å². The van der Waals surface area contributed by atoms with E-state index < -0.39 is 10.8 Å². The van der Waals surface area contributed by atoms with Crippen LogP contribution >= 0.6 is 0 Å². The van der Waals surface area contributed by atoms with Gasteiger partial charge in [-0.1, -0.05) is 12.1 Å². The first-order valence-electron chi connectivity index (χ1n) is 6.66. The number of anilines is 1. The second-order valence-electron chi connectivity index (χ2n) is 4.18. The zero-order chi connectivity index (χ0) is 15.1. The maximum atomic E-state index is 12.1. The minimum atomic E-state index is -1.28. The summed E-state index contributed by atoms with van der Waals surface area (Å²) < 4.78 is 23.2. The number of pyridine rings is 1. The molecule has 1 aromatic heterocycles. The molecule has 1 unspecified atom stereocenters. The number of ether oxygens (including phenoxy) is 2. The normalized spacial score (nSPS) is 11.9. The van der Waals surface area contributed by atoms with Crippen molar-refractivity contribution < 1.29 is 13.7 Å². The Labute approximate surface area is 126 Å². The van der Waals surface area contributed by atoms with Gasteiger partial charge >= 0.3 is 0 Å². The van der Waals surface area contributed by atoms with Crippen molar-refractivity contribution in [1.29, 1.82) is 0 Å². The van der Waals surface area contributed by atoms with Crippen LogP contribution in [0.2, 0.25) is 0 Å². The molecule has 1 atom stereocenters. The van der Waals surface area contributed by atoms with Crippen molar-refractivity contribution in [3.8, 4) is 11.5 Å². The van der Waals surface area contributed by atoms with Crippen LogP contribution in [0.4, 0.5) is 5.69 Å². The van der Waals surface area contributed by atoms with Crippen LogP contribution in [0, 0.1) is 0 Å². The molecule has 2 N–H and O–H groups in total. The summed E-state index contributed by atoms with van der Waals surface area (Å²) in [5.41, 5.74) is 6.19. The quantitative estimate of drug-likeness (QED) is 0.849. The summed E-state index contributed by atoms with van der Waals surface area (Å²) in [7, 11) is -1.28. The van der Waals surface area contributed by atoms with Crippen LogP contribution in [0.5, 0.6) is 11.5 Å². The van der Waals surface area contributed by atoms with Crippen molar-refractivity contribution in [2.24, 2.45) is 0 Å². The summed E-state index contributed by atoms with van der Waals surface area (Å²) in [5, 5.41) is 0.402. The van der Waals surface area contributed by atoms with E-state index in [4.69, 9.17) is 15.2 Å². The van der Waals surface area contributed by atoms with Crippen LogP contribution in [0.25, 0.3) is 0 Å². The number of rotatable bonds is 7. The van der Waals surface area contributed by atoms with Gasteiger partial charge < -0.3 is 15.2 Å². The lowest BCUT2D eigenvalue weighted by atomic mass is 10.3. The number of aromatic nitrogens is 1. The Hall–Kier alpha value is -2.08. The molecular weight excluding hydrogens is 288 g/mol. The van der Waals surface area contributed by atoms with Gasteiger partial charge in [-0.15, -0.1) is 0 Å². The van der Waals surface area contributed by atoms with Gasteiger partial charge in [-0.2, -0.15) is 0 Å². The van der Waals surface area contributed by atoms with Gasteiger partial charge in [-0.3, -0.25) is 4.21 Å². The first-order chi connectivity index (χ1) is 10.2. The van der Waals surface area contributed by atoms with Gasteiger partial charge in [-0.25, -0.2) is 4.98 Å². The van der Waals surface area contributed by atoms with Gasteiger partial charge in [-0.05, 0) is 31.2 Å². The SMILES string of the molecule is CCOc1ccccc1OCCS(=O)c1ncccc1N. The number of benzene rings is 1. The van der Waals surface area contributed by atoms with Gasteiger partial charge in [0.15, 0.2) is 11.5 Å². The number of hydrogen-bond donors (Lipinski definition) is 1. The van der Waals surface area contributed by atoms with Crippen molar-refractivity contribution >= 4 is 16.5 Å². The average molecular weight is 306 g/mol. The molecule has 0 amide bonds. The Morgan fingerprint density at radius 3 is 2.52 bits per heavy atom. The molecule has 0 aliphatic rings. The maximum absolute atomic E-state index is 12.1. The number of para-hydroxylation sites is 2. The van der Waals surface area contributed by atoms with Crippen LogP contribution in [0.1, 0.15) is 6.92 Å². The smallest absolute Gasteiger partial charge is 0.161 e. The summed E-state index contributed by atoms with van der Waals surface area (Å²) >= 11 is 0. The molecule has 0 aliphatic heterocycles. The Balaban J connectivity index is 1.93. The molecule has 6 heteroatoms. The highest BCUT2D eigenvalue weighted by Gasteiger charge is 2.10. The monoisotopic (exact) mass is 306 g/mol. The summed E-state index contributed by atoms with van der Waals surface area (Å²) in [5.74, 6) is 1.65. The molecule has 0 aliphatic carbocycles. The molecule has 1 heterocycles. The first-order valence-corrected chi connectivity index (χ1v) is 7.97. The van der Waals surface area contributed by atoms with Crippen LogP contribution in [0.15, 0.2) is 47.6 Å². The van der Waals surface area contributed by atoms with E-state index in [1.165, 1.54) is 0 Å². The highest BCUT2D eigenvalue weighted by Crippen LogP contribution is 2.26. The fourth-order valence-electron chi connectivity index (χ4n) is 1.76. The molecule has 5 nitrogen and oxygen atoms in total. The summed E-state index contributed by atoms with van der Waals surface area (Å²) in [4.78, 5) is 4.05. The molecule has 0 spiro atoms. The van der Waals surface area contributed by atoms with E-state index in [-0.39, 0.29) is 0 Å². The van der Waals surface area contributed by atoms with E-state index in [0.29, 0.717) is 41.2 Å². The lowest BCUT2D eigenvalue weighted by Gasteiger charge is -2.11. The number of nitrogens with zero attached hydrogens (tertiary/aromatic N) is 1. The molecule has 1 aromatic carbocycles. The molecule has 0 fully saturated rings. The average Bonchev–Trinajstić information content (AvgIpc) is 2.49. The second kappa shape index (κ2) is 7.64. The van der Waals surface area contributed by atoms with Gasteiger partial charge in [0.25, 0.3) is 0 Å². The molecule has 112 valence electrons. The molecule has 0 saturated heterocycles. The highest BCUT2D eigenvalue weighted by molar-refractivity contribution is 7.85. The van der Waals surface area contributed by atoms with Gasteiger partial charge in [0.2, 0.25) is 0 Å². The van der Waals surface area contributed by atoms with Gasteiger partial charge in [0.1, 0.15) is 11.6 Å². The summed E-state index contributed by atoms with van der Waals surface area (Å²) in [6.07, 6.45) is 1.58. The molecular formula is C15H18N2O3S. The van der Waals surface area contributed by atoms with Crippen molar-refractivity contribution in [2.75, 3.05) is 24.7 Å². The van der Waals surface area contributed by atoms with Crippen LogP contribution in [-0.2, 0) is 10.8 Å². The summed E-state index contributed by atoms with van der Waals surface area (Å²) in [6, 6.07) is 10.8. The molecule has 0 radical (unpaired) electrons.